The van der Waals surface area contributed by atoms with Gasteiger partial charge in [0.2, 0.25) is 0 Å². The molecule has 0 unspecified atom stereocenters. The molecule has 1 fully saturated rings. The molecular weight excluding hydrogens is 358 g/mol. The number of hydrazone groups is 1. The highest BCUT2D eigenvalue weighted by Gasteiger charge is 2.49. The SMILES string of the molecule is CCCOc1ccc(/C=N\N2C(=O)N[C@@](C)(c3ccccc3)C2=O)cc1OC. The van der Waals surface area contributed by atoms with Gasteiger partial charge in [-0.15, -0.1) is 5.01 Å². The van der Waals surface area contributed by atoms with Crippen LogP contribution in [0, 0.1) is 0 Å². The van der Waals surface area contributed by atoms with E-state index in [1.54, 1.807) is 44.4 Å². The first-order valence-corrected chi connectivity index (χ1v) is 9.06. The van der Waals surface area contributed by atoms with Crippen LogP contribution in [-0.2, 0) is 10.3 Å². The standard InChI is InChI=1S/C21H23N3O4/c1-4-12-28-17-11-10-15(13-18(17)27-3)14-22-24-19(25)21(2,23-20(24)26)16-8-6-5-7-9-16/h5-11,13-14H,4,12H2,1-3H3,(H,23,26)/b22-14-/t21-/m0/s1. The van der Waals surface area contributed by atoms with Gasteiger partial charge in [0.25, 0.3) is 5.91 Å². The molecule has 1 aliphatic heterocycles. The van der Waals surface area contributed by atoms with E-state index < -0.39 is 17.5 Å². The van der Waals surface area contributed by atoms with E-state index in [2.05, 4.69) is 10.4 Å². The fourth-order valence-corrected chi connectivity index (χ4v) is 2.92. The average molecular weight is 381 g/mol. The van der Waals surface area contributed by atoms with E-state index in [0.717, 1.165) is 11.4 Å². The molecule has 0 aliphatic carbocycles. The first kappa shape index (κ1) is 19.4. The van der Waals surface area contributed by atoms with Crippen LogP contribution < -0.4 is 14.8 Å². The minimum Gasteiger partial charge on any atom is -0.493 e. The summed E-state index contributed by atoms with van der Waals surface area (Å²) in [6.07, 6.45) is 2.33. The van der Waals surface area contributed by atoms with Crippen LogP contribution in [0.25, 0.3) is 0 Å². The lowest BCUT2D eigenvalue weighted by Crippen LogP contribution is -2.40. The predicted octanol–water partition coefficient (Wildman–Crippen LogP) is 3.29. The van der Waals surface area contributed by atoms with Crippen LogP contribution in [0.3, 0.4) is 0 Å². The van der Waals surface area contributed by atoms with Crippen molar-refractivity contribution in [2.24, 2.45) is 5.10 Å². The Bertz CT molecular complexity index is 898. The number of hydrogen-bond donors (Lipinski definition) is 1. The third-order valence-electron chi connectivity index (χ3n) is 4.49. The number of methoxy groups -OCH3 is 1. The van der Waals surface area contributed by atoms with Gasteiger partial charge in [-0.2, -0.15) is 5.10 Å². The average Bonchev–Trinajstić information content (AvgIpc) is 2.95. The van der Waals surface area contributed by atoms with Crippen LogP contribution in [0.15, 0.2) is 53.6 Å². The topological polar surface area (TPSA) is 80.2 Å². The van der Waals surface area contributed by atoms with Crippen LogP contribution in [0.5, 0.6) is 11.5 Å². The zero-order valence-electron chi connectivity index (χ0n) is 16.1. The number of ether oxygens (including phenoxy) is 2. The zero-order chi connectivity index (χ0) is 20.1. The van der Waals surface area contributed by atoms with Crippen molar-refractivity contribution in [1.29, 1.82) is 0 Å². The molecule has 1 saturated heterocycles. The number of urea groups is 1. The van der Waals surface area contributed by atoms with Crippen molar-refractivity contribution in [3.63, 3.8) is 0 Å². The lowest BCUT2D eigenvalue weighted by molar-refractivity contribution is -0.131. The number of carbonyl (C=O) groups excluding carboxylic acids is 2. The third-order valence-corrected chi connectivity index (χ3v) is 4.49. The molecule has 1 atom stereocenters. The second-order valence-corrected chi connectivity index (χ2v) is 6.54. The fourth-order valence-electron chi connectivity index (χ4n) is 2.92. The Morgan fingerprint density at radius 3 is 2.57 bits per heavy atom. The molecule has 28 heavy (non-hydrogen) atoms. The normalized spacial score (nSPS) is 19.2. The van der Waals surface area contributed by atoms with E-state index in [1.807, 2.05) is 25.1 Å². The molecule has 0 saturated carbocycles. The Kier molecular flexibility index (Phi) is 5.63. The van der Waals surface area contributed by atoms with E-state index in [0.29, 0.717) is 29.2 Å². The van der Waals surface area contributed by atoms with E-state index in [4.69, 9.17) is 9.47 Å². The number of carbonyl (C=O) groups is 2. The van der Waals surface area contributed by atoms with Gasteiger partial charge >= 0.3 is 6.03 Å². The van der Waals surface area contributed by atoms with Crippen molar-refractivity contribution < 1.29 is 19.1 Å². The summed E-state index contributed by atoms with van der Waals surface area (Å²) in [5.41, 5.74) is 0.227. The Hall–Kier alpha value is -3.35. The highest BCUT2D eigenvalue weighted by atomic mass is 16.5. The number of hydrogen-bond acceptors (Lipinski definition) is 5. The molecule has 7 nitrogen and oxygen atoms in total. The predicted molar refractivity (Wildman–Crippen MR) is 106 cm³/mol. The number of nitrogens with zero attached hydrogens (tertiary/aromatic N) is 2. The Morgan fingerprint density at radius 2 is 1.89 bits per heavy atom. The van der Waals surface area contributed by atoms with Gasteiger partial charge in [-0.25, -0.2) is 4.79 Å². The molecule has 2 aromatic rings. The summed E-state index contributed by atoms with van der Waals surface area (Å²) in [6.45, 7) is 4.28. The summed E-state index contributed by atoms with van der Waals surface area (Å²) < 4.78 is 11.0. The number of benzene rings is 2. The summed E-state index contributed by atoms with van der Waals surface area (Å²) in [5.74, 6) is 0.756. The van der Waals surface area contributed by atoms with Gasteiger partial charge in [0.05, 0.1) is 19.9 Å². The molecule has 146 valence electrons. The van der Waals surface area contributed by atoms with Crippen LogP contribution in [-0.4, -0.2) is 36.9 Å². The molecule has 3 rings (SSSR count). The van der Waals surface area contributed by atoms with E-state index in [1.165, 1.54) is 6.21 Å². The molecular formula is C21H23N3O4. The fraction of sp³-hybridized carbons (Fsp3) is 0.286. The van der Waals surface area contributed by atoms with Gasteiger partial charge in [0.15, 0.2) is 11.5 Å². The number of nitrogens with one attached hydrogen (secondary N) is 1. The summed E-state index contributed by atoms with van der Waals surface area (Å²) in [6, 6.07) is 13.8. The summed E-state index contributed by atoms with van der Waals surface area (Å²) in [7, 11) is 1.55. The molecule has 1 aliphatic rings. The van der Waals surface area contributed by atoms with Crippen molar-refractivity contribution in [3.05, 3.63) is 59.7 Å². The van der Waals surface area contributed by atoms with Crippen molar-refractivity contribution in [2.45, 2.75) is 25.8 Å². The molecule has 0 aromatic heterocycles. The molecule has 1 heterocycles. The maximum absolute atomic E-state index is 12.8. The van der Waals surface area contributed by atoms with Gasteiger partial charge in [-0.05, 0) is 42.7 Å². The van der Waals surface area contributed by atoms with Crippen molar-refractivity contribution in [1.82, 2.24) is 10.3 Å². The van der Waals surface area contributed by atoms with Crippen LogP contribution in [0.4, 0.5) is 4.79 Å². The molecule has 0 radical (unpaired) electrons. The minimum atomic E-state index is -1.15. The van der Waals surface area contributed by atoms with Gasteiger partial charge in [-0.3, -0.25) is 4.79 Å². The number of rotatable bonds is 7. The van der Waals surface area contributed by atoms with E-state index in [9.17, 15) is 9.59 Å². The lowest BCUT2D eigenvalue weighted by atomic mass is 9.92. The Labute approximate surface area is 163 Å². The molecule has 0 spiro atoms. The van der Waals surface area contributed by atoms with Gasteiger partial charge in [0, 0.05) is 0 Å². The maximum atomic E-state index is 12.8. The maximum Gasteiger partial charge on any atom is 0.346 e. The molecule has 2 aromatic carbocycles. The quantitative estimate of drug-likeness (QED) is 0.590. The summed E-state index contributed by atoms with van der Waals surface area (Å²) in [5, 5.41) is 7.66. The Balaban J connectivity index is 1.81. The molecule has 3 amide bonds. The monoisotopic (exact) mass is 381 g/mol. The molecule has 0 bridgehead atoms. The van der Waals surface area contributed by atoms with Gasteiger partial charge < -0.3 is 14.8 Å². The van der Waals surface area contributed by atoms with Gasteiger partial charge in [-0.1, -0.05) is 37.3 Å². The van der Waals surface area contributed by atoms with E-state index in [-0.39, 0.29) is 0 Å². The van der Waals surface area contributed by atoms with E-state index >= 15 is 0 Å². The second-order valence-electron chi connectivity index (χ2n) is 6.54. The lowest BCUT2D eigenvalue weighted by Gasteiger charge is -2.20. The zero-order valence-corrected chi connectivity index (χ0v) is 16.1. The second kappa shape index (κ2) is 8.12. The smallest absolute Gasteiger partial charge is 0.346 e. The highest BCUT2D eigenvalue weighted by Crippen LogP contribution is 2.30. The minimum absolute atomic E-state index is 0.435. The summed E-state index contributed by atoms with van der Waals surface area (Å²) in [4.78, 5) is 25.2. The van der Waals surface area contributed by atoms with Crippen LogP contribution in [0.1, 0.15) is 31.4 Å². The van der Waals surface area contributed by atoms with Gasteiger partial charge in [0.1, 0.15) is 5.54 Å². The number of imide groups is 1. The van der Waals surface area contributed by atoms with Crippen molar-refractivity contribution >= 4 is 18.2 Å². The Morgan fingerprint density at radius 1 is 1.14 bits per heavy atom. The molecule has 1 N–H and O–H groups in total. The highest BCUT2D eigenvalue weighted by molar-refractivity contribution is 6.07. The first-order chi connectivity index (χ1) is 13.5. The summed E-state index contributed by atoms with van der Waals surface area (Å²) >= 11 is 0. The van der Waals surface area contributed by atoms with Crippen LogP contribution in [0.2, 0.25) is 0 Å². The largest absolute Gasteiger partial charge is 0.493 e. The first-order valence-electron chi connectivity index (χ1n) is 9.06. The number of amides is 3. The third kappa shape index (κ3) is 3.69. The van der Waals surface area contributed by atoms with Crippen LogP contribution >= 0.6 is 0 Å². The van der Waals surface area contributed by atoms with Crippen molar-refractivity contribution in [2.75, 3.05) is 13.7 Å². The van der Waals surface area contributed by atoms with Crippen molar-refractivity contribution in [3.8, 4) is 11.5 Å². The molecule has 7 heteroatoms.